The first-order chi connectivity index (χ1) is 17.6. The van der Waals surface area contributed by atoms with Crippen molar-refractivity contribution in [2.24, 2.45) is 46.3 Å². The van der Waals surface area contributed by atoms with Gasteiger partial charge in [-0.05, 0) is 97.7 Å². The van der Waals surface area contributed by atoms with Gasteiger partial charge in [-0.3, -0.25) is 0 Å². The molecule has 4 saturated carbocycles. The smallest absolute Gasteiger partial charge is 0.337 e. The third kappa shape index (κ3) is 5.23. The summed E-state index contributed by atoms with van der Waals surface area (Å²) < 4.78 is 27.7. The average molecular weight is 527 g/mol. The van der Waals surface area contributed by atoms with Gasteiger partial charge in [0, 0.05) is 14.2 Å². The van der Waals surface area contributed by atoms with Crippen LogP contribution < -0.4 is 0 Å². The number of esters is 1. The number of fused-ring (bicyclic) bond motifs is 5. The lowest BCUT2D eigenvalue weighted by atomic mass is 9.43. The molecule has 0 saturated heterocycles. The van der Waals surface area contributed by atoms with E-state index in [9.17, 15) is 15.0 Å². The topological polar surface area (TPSA) is 104 Å². The monoisotopic (exact) mass is 526 g/mol. The molecule has 0 bridgehead atoms. The molecule has 4 aliphatic rings. The first kappa shape index (κ1) is 29.2. The SMILES string of the molecule is COCO[C@@H]1CC[C@]2(C)[C@H]3CC[C@]4(C)[C@@H]([C@H](C)[C@@H](O)[C@H](O)C(=O)OC)CC[C@H]4[C@@H]3C[C@H](OCOC)[C@@H]2C1. The Morgan fingerprint density at radius 1 is 0.865 bits per heavy atom. The van der Waals surface area contributed by atoms with Gasteiger partial charge >= 0.3 is 5.97 Å². The van der Waals surface area contributed by atoms with E-state index in [1.807, 2.05) is 6.92 Å². The Balaban J connectivity index is 1.55. The van der Waals surface area contributed by atoms with Crippen molar-refractivity contribution in [3.63, 3.8) is 0 Å². The molecule has 0 aromatic rings. The zero-order valence-electron chi connectivity index (χ0n) is 23.7. The van der Waals surface area contributed by atoms with Gasteiger partial charge in [-0.2, -0.15) is 0 Å². The summed E-state index contributed by atoms with van der Waals surface area (Å²) >= 11 is 0. The van der Waals surface area contributed by atoms with Crippen molar-refractivity contribution in [1.82, 2.24) is 0 Å². The number of carbonyl (C=O) groups is 1. The van der Waals surface area contributed by atoms with Crippen molar-refractivity contribution in [2.45, 2.75) is 96.6 Å². The average Bonchev–Trinajstić information content (AvgIpc) is 3.26. The maximum absolute atomic E-state index is 11.9. The van der Waals surface area contributed by atoms with E-state index in [1.54, 1.807) is 14.2 Å². The molecule has 214 valence electrons. The Bertz CT molecular complexity index is 777. The zero-order chi connectivity index (χ0) is 27.0. The van der Waals surface area contributed by atoms with Gasteiger partial charge in [0.15, 0.2) is 6.10 Å². The fraction of sp³-hybridized carbons (Fsp3) is 0.966. The van der Waals surface area contributed by atoms with Crippen LogP contribution in [-0.4, -0.2) is 75.5 Å². The minimum absolute atomic E-state index is 0.0607. The zero-order valence-corrected chi connectivity index (χ0v) is 23.7. The predicted molar refractivity (Wildman–Crippen MR) is 137 cm³/mol. The number of rotatable bonds is 10. The maximum atomic E-state index is 11.9. The summed E-state index contributed by atoms with van der Waals surface area (Å²) in [7, 11) is 4.60. The molecule has 0 spiro atoms. The summed E-state index contributed by atoms with van der Waals surface area (Å²) in [4.78, 5) is 11.9. The summed E-state index contributed by atoms with van der Waals surface area (Å²) in [6, 6.07) is 0. The highest BCUT2D eigenvalue weighted by molar-refractivity contribution is 5.74. The van der Waals surface area contributed by atoms with E-state index in [-0.39, 0.29) is 34.9 Å². The number of ether oxygens (including phenoxy) is 5. The van der Waals surface area contributed by atoms with Crippen molar-refractivity contribution in [3.8, 4) is 0 Å². The third-order valence-corrected chi connectivity index (χ3v) is 11.4. The van der Waals surface area contributed by atoms with Crippen molar-refractivity contribution in [1.29, 1.82) is 0 Å². The Labute approximate surface area is 222 Å². The number of aliphatic hydroxyl groups is 2. The Hall–Kier alpha value is -0.770. The largest absolute Gasteiger partial charge is 0.467 e. The number of aliphatic hydroxyl groups excluding tert-OH is 2. The van der Waals surface area contributed by atoms with E-state index in [0.717, 1.165) is 44.9 Å². The predicted octanol–water partition coefficient (Wildman–Crippen LogP) is 3.76. The number of hydrogen-bond acceptors (Lipinski definition) is 8. The molecule has 8 nitrogen and oxygen atoms in total. The lowest BCUT2D eigenvalue weighted by molar-refractivity contribution is -0.214. The molecular formula is C29H50O8. The first-order valence-corrected chi connectivity index (χ1v) is 14.3. The van der Waals surface area contributed by atoms with Crippen LogP contribution >= 0.6 is 0 Å². The number of carbonyl (C=O) groups excluding carboxylic acids is 1. The van der Waals surface area contributed by atoms with Crippen LogP contribution in [0.15, 0.2) is 0 Å². The van der Waals surface area contributed by atoms with Crippen LogP contribution in [0, 0.1) is 46.3 Å². The summed E-state index contributed by atoms with van der Waals surface area (Å²) in [5, 5.41) is 21.3. The molecule has 4 fully saturated rings. The van der Waals surface area contributed by atoms with Crippen LogP contribution in [0.25, 0.3) is 0 Å². The Kier molecular flexibility index (Phi) is 9.29. The van der Waals surface area contributed by atoms with E-state index < -0.39 is 18.2 Å². The van der Waals surface area contributed by atoms with E-state index in [4.69, 9.17) is 23.7 Å². The molecule has 0 unspecified atom stereocenters. The van der Waals surface area contributed by atoms with E-state index in [1.165, 1.54) is 13.5 Å². The van der Waals surface area contributed by atoms with Gasteiger partial charge in [0.1, 0.15) is 13.6 Å². The number of hydrogen-bond donors (Lipinski definition) is 2. The van der Waals surface area contributed by atoms with Crippen LogP contribution in [0.4, 0.5) is 0 Å². The van der Waals surface area contributed by atoms with Crippen LogP contribution in [0.3, 0.4) is 0 Å². The highest BCUT2D eigenvalue weighted by Gasteiger charge is 2.63. The Morgan fingerprint density at radius 3 is 2.19 bits per heavy atom. The van der Waals surface area contributed by atoms with Crippen molar-refractivity contribution >= 4 is 5.97 Å². The number of methoxy groups -OCH3 is 3. The molecular weight excluding hydrogens is 476 g/mol. The summed E-state index contributed by atoms with van der Waals surface area (Å²) in [6.45, 7) is 7.52. The Morgan fingerprint density at radius 2 is 1.51 bits per heavy atom. The van der Waals surface area contributed by atoms with Crippen LogP contribution in [0.1, 0.15) is 72.1 Å². The highest BCUT2D eigenvalue weighted by atomic mass is 16.7. The molecule has 0 aromatic heterocycles. The molecule has 2 N–H and O–H groups in total. The lowest BCUT2D eigenvalue weighted by Crippen LogP contribution is -2.59. The van der Waals surface area contributed by atoms with E-state index in [2.05, 4.69) is 13.8 Å². The van der Waals surface area contributed by atoms with Crippen molar-refractivity contribution < 1.29 is 38.7 Å². The summed E-state index contributed by atoms with van der Waals surface area (Å²) in [5.74, 6) is 1.44. The van der Waals surface area contributed by atoms with Crippen molar-refractivity contribution in [2.75, 3.05) is 34.9 Å². The second kappa shape index (κ2) is 11.8. The molecule has 4 aliphatic carbocycles. The maximum Gasteiger partial charge on any atom is 0.337 e. The van der Waals surface area contributed by atoms with Crippen molar-refractivity contribution in [3.05, 3.63) is 0 Å². The minimum Gasteiger partial charge on any atom is -0.467 e. The normalized spacial score (nSPS) is 43.7. The van der Waals surface area contributed by atoms with E-state index >= 15 is 0 Å². The van der Waals surface area contributed by atoms with Gasteiger partial charge < -0.3 is 33.9 Å². The summed E-state index contributed by atoms with van der Waals surface area (Å²) in [5.41, 5.74) is 0.255. The molecule has 0 aliphatic heterocycles. The van der Waals surface area contributed by atoms with Crippen LogP contribution in [-0.2, 0) is 28.5 Å². The second-order valence-electron chi connectivity index (χ2n) is 12.9. The minimum atomic E-state index is -1.50. The molecule has 37 heavy (non-hydrogen) atoms. The van der Waals surface area contributed by atoms with Gasteiger partial charge in [-0.1, -0.05) is 20.8 Å². The molecule has 0 radical (unpaired) electrons. The quantitative estimate of drug-likeness (QED) is 0.328. The fourth-order valence-electron chi connectivity index (χ4n) is 9.58. The van der Waals surface area contributed by atoms with Gasteiger partial charge in [0.2, 0.25) is 0 Å². The summed E-state index contributed by atoms with van der Waals surface area (Å²) in [6.07, 6.45) is 6.32. The molecule has 12 atom stereocenters. The fourth-order valence-corrected chi connectivity index (χ4v) is 9.58. The first-order valence-electron chi connectivity index (χ1n) is 14.3. The van der Waals surface area contributed by atoms with Crippen LogP contribution in [0.2, 0.25) is 0 Å². The highest BCUT2D eigenvalue weighted by Crippen LogP contribution is 2.68. The van der Waals surface area contributed by atoms with Gasteiger partial charge in [0.05, 0.1) is 25.4 Å². The third-order valence-electron chi connectivity index (χ3n) is 11.4. The molecule has 0 amide bonds. The van der Waals surface area contributed by atoms with Gasteiger partial charge in [-0.25, -0.2) is 4.79 Å². The van der Waals surface area contributed by atoms with Gasteiger partial charge in [0.25, 0.3) is 0 Å². The second-order valence-corrected chi connectivity index (χ2v) is 12.9. The molecule has 8 heteroatoms. The molecule has 0 aromatic carbocycles. The van der Waals surface area contributed by atoms with E-state index in [0.29, 0.717) is 37.3 Å². The molecule has 0 heterocycles. The molecule has 4 rings (SSSR count). The lowest BCUT2D eigenvalue weighted by Gasteiger charge is -2.63. The van der Waals surface area contributed by atoms with Crippen LogP contribution in [0.5, 0.6) is 0 Å². The standard InChI is InChI=1S/C29H50O8/c1-17(25(30)26(31)27(32)35-6)20-7-8-21-19-14-24(37-16-34-5)23-13-18(36-15-33-4)9-11-29(23,3)22(19)10-12-28(20,21)2/h17-26,30-31H,7-16H2,1-6H3/t17-,18+,19-,20+,21-,22-,23-,24-,25+,26-,28+,29+/m0/s1. The van der Waals surface area contributed by atoms with Gasteiger partial charge in [-0.15, -0.1) is 0 Å².